The van der Waals surface area contributed by atoms with Gasteiger partial charge in [0.1, 0.15) is 0 Å². The standard InChI is InChI=1S/C28H34ClN3O2/c29-25-17-30-26-16-22(10-11-24(25)26)28(33)31-27(21-6-2-1-3-7-21)19-34-18-20-12-14-32(15-13-20)23-8-4-5-9-23/h1-3,6-7,10-11,16-17,20,23,27,30H,4-5,8-9,12-15,18-19H2,(H,31,33)/t27-/m0/s1. The number of rotatable bonds is 8. The maximum atomic E-state index is 13.1. The van der Waals surface area contributed by atoms with Gasteiger partial charge in [0.25, 0.3) is 5.91 Å². The van der Waals surface area contributed by atoms with E-state index in [0.717, 1.165) is 29.1 Å². The summed E-state index contributed by atoms with van der Waals surface area (Å²) in [6.45, 7) is 3.62. The Hall–Kier alpha value is -2.34. The van der Waals surface area contributed by atoms with Crippen molar-refractivity contribution in [3.05, 3.63) is 70.9 Å². The van der Waals surface area contributed by atoms with Gasteiger partial charge in [-0.3, -0.25) is 4.79 Å². The van der Waals surface area contributed by atoms with Crippen LogP contribution in [0.5, 0.6) is 0 Å². The van der Waals surface area contributed by atoms with Crippen molar-refractivity contribution in [3.63, 3.8) is 0 Å². The zero-order chi connectivity index (χ0) is 23.3. The number of aromatic amines is 1. The van der Waals surface area contributed by atoms with Crippen LogP contribution in [0.15, 0.2) is 54.7 Å². The van der Waals surface area contributed by atoms with Crippen molar-refractivity contribution in [3.8, 4) is 0 Å². The molecular weight excluding hydrogens is 446 g/mol. The number of benzene rings is 2. The quantitative estimate of drug-likeness (QED) is 0.419. The van der Waals surface area contributed by atoms with E-state index in [1.54, 1.807) is 6.20 Å². The summed E-state index contributed by atoms with van der Waals surface area (Å²) in [7, 11) is 0. The molecule has 1 aromatic heterocycles. The molecule has 1 amide bonds. The first-order valence-corrected chi connectivity index (χ1v) is 13.0. The topological polar surface area (TPSA) is 57.4 Å². The summed E-state index contributed by atoms with van der Waals surface area (Å²) < 4.78 is 6.20. The lowest BCUT2D eigenvalue weighted by atomic mass is 9.96. The molecule has 1 atom stereocenters. The van der Waals surface area contributed by atoms with Crippen LogP contribution in [-0.4, -0.2) is 48.1 Å². The van der Waals surface area contributed by atoms with Crippen LogP contribution in [-0.2, 0) is 4.74 Å². The first kappa shape index (κ1) is 23.4. The SMILES string of the molecule is O=C(N[C@@H](COCC1CCN(C2CCCC2)CC1)c1ccccc1)c1ccc2c(Cl)c[nH]c2c1. The molecule has 5 rings (SSSR count). The second-order valence-electron chi connectivity index (χ2n) is 9.79. The second-order valence-corrected chi connectivity index (χ2v) is 10.2. The molecule has 2 heterocycles. The Morgan fingerprint density at radius 2 is 1.85 bits per heavy atom. The van der Waals surface area contributed by atoms with Gasteiger partial charge in [-0.05, 0) is 62.4 Å². The minimum absolute atomic E-state index is 0.116. The van der Waals surface area contributed by atoms with Crippen molar-refractivity contribution in [2.24, 2.45) is 5.92 Å². The van der Waals surface area contributed by atoms with Crippen molar-refractivity contribution in [1.29, 1.82) is 0 Å². The van der Waals surface area contributed by atoms with Crippen molar-refractivity contribution in [2.45, 2.75) is 50.6 Å². The van der Waals surface area contributed by atoms with Crippen LogP contribution in [0.4, 0.5) is 0 Å². The first-order chi connectivity index (χ1) is 16.7. The fourth-order valence-corrected chi connectivity index (χ4v) is 5.71. The molecule has 0 unspecified atom stereocenters. The number of aromatic nitrogens is 1. The molecule has 2 N–H and O–H groups in total. The fourth-order valence-electron chi connectivity index (χ4n) is 5.49. The number of nitrogens with zero attached hydrogens (tertiary/aromatic N) is 1. The van der Waals surface area contributed by atoms with E-state index in [9.17, 15) is 4.79 Å². The third kappa shape index (κ3) is 5.48. The van der Waals surface area contributed by atoms with Gasteiger partial charge in [-0.15, -0.1) is 0 Å². The lowest BCUT2D eigenvalue weighted by Gasteiger charge is -2.36. The van der Waals surface area contributed by atoms with Gasteiger partial charge >= 0.3 is 0 Å². The molecule has 2 aliphatic rings. The molecule has 0 radical (unpaired) electrons. The number of carbonyl (C=O) groups excluding carboxylic acids is 1. The highest BCUT2D eigenvalue weighted by Crippen LogP contribution is 2.28. The summed E-state index contributed by atoms with van der Waals surface area (Å²) in [4.78, 5) is 18.9. The molecule has 6 heteroatoms. The summed E-state index contributed by atoms with van der Waals surface area (Å²) in [6, 6.07) is 16.2. The Kier molecular flexibility index (Phi) is 7.53. The van der Waals surface area contributed by atoms with Gasteiger partial charge < -0.3 is 19.9 Å². The van der Waals surface area contributed by atoms with Crippen LogP contribution in [0.25, 0.3) is 10.9 Å². The summed E-state index contributed by atoms with van der Waals surface area (Å²) in [5.74, 6) is 0.486. The van der Waals surface area contributed by atoms with E-state index in [0.29, 0.717) is 23.1 Å². The number of piperidine rings is 1. The van der Waals surface area contributed by atoms with Crippen molar-refractivity contribution < 1.29 is 9.53 Å². The molecule has 3 aromatic rings. The van der Waals surface area contributed by atoms with E-state index in [2.05, 4.69) is 15.2 Å². The number of ether oxygens (including phenoxy) is 1. The highest BCUT2D eigenvalue weighted by atomic mass is 35.5. The Bertz CT molecular complexity index is 1090. The highest BCUT2D eigenvalue weighted by molar-refractivity contribution is 6.35. The van der Waals surface area contributed by atoms with Crippen LogP contribution >= 0.6 is 11.6 Å². The molecule has 1 saturated heterocycles. The summed E-state index contributed by atoms with van der Waals surface area (Å²) >= 11 is 6.18. The normalized spacial score (nSPS) is 19.0. The number of hydrogen-bond donors (Lipinski definition) is 2. The van der Waals surface area contributed by atoms with Crippen LogP contribution in [0.1, 0.15) is 60.5 Å². The van der Waals surface area contributed by atoms with E-state index in [1.807, 2.05) is 48.5 Å². The number of likely N-dealkylation sites (tertiary alicyclic amines) is 1. The largest absolute Gasteiger partial charge is 0.379 e. The zero-order valence-corrected chi connectivity index (χ0v) is 20.4. The Morgan fingerprint density at radius 3 is 2.62 bits per heavy atom. The van der Waals surface area contributed by atoms with Crippen LogP contribution in [0, 0.1) is 5.92 Å². The maximum Gasteiger partial charge on any atom is 0.251 e. The molecule has 2 aromatic carbocycles. The van der Waals surface area contributed by atoms with Gasteiger partial charge in [0, 0.05) is 35.3 Å². The molecular formula is C28H34ClN3O2. The monoisotopic (exact) mass is 479 g/mol. The van der Waals surface area contributed by atoms with E-state index in [-0.39, 0.29) is 11.9 Å². The number of amides is 1. The number of halogens is 1. The molecule has 0 bridgehead atoms. The van der Waals surface area contributed by atoms with Gasteiger partial charge in [0.15, 0.2) is 0 Å². The van der Waals surface area contributed by atoms with E-state index in [4.69, 9.17) is 16.3 Å². The minimum atomic E-state index is -0.199. The number of fused-ring (bicyclic) bond motifs is 1. The van der Waals surface area contributed by atoms with Crippen molar-refractivity contribution in [1.82, 2.24) is 15.2 Å². The molecule has 2 fully saturated rings. The van der Waals surface area contributed by atoms with Crippen molar-refractivity contribution in [2.75, 3.05) is 26.3 Å². The molecule has 1 aliphatic carbocycles. The smallest absolute Gasteiger partial charge is 0.251 e. The van der Waals surface area contributed by atoms with Gasteiger partial charge in [-0.2, -0.15) is 0 Å². The molecule has 0 spiro atoms. The van der Waals surface area contributed by atoms with Crippen LogP contribution in [0.3, 0.4) is 0 Å². The molecule has 34 heavy (non-hydrogen) atoms. The van der Waals surface area contributed by atoms with Crippen LogP contribution < -0.4 is 5.32 Å². The maximum absolute atomic E-state index is 13.1. The average molecular weight is 480 g/mol. The molecule has 1 aliphatic heterocycles. The summed E-state index contributed by atoms with van der Waals surface area (Å²) in [5, 5.41) is 4.76. The Morgan fingerprint density at radius 1 is 1.09 bits per heavy atom. The molecule has 5 nitrogen and oxygen atoms in total. The summed E-state index contributed by atoms with van der Waals surface area (Å²) in [6.07, 6.45) is 9.70. The van der Waals surface area contributed by atoms with Gasteiger partial charge in [-0.25, -0.2) is 0 Å². The highest BCUT2D eigenvalue weighted by Gasteiger charge is 2.27. The average Bonchev–Trinajstić information content (AvgIpc) is 3.54. The van der Waals surface area contributed by atoms with Crippen LogP contribution in [0.2, 0.25) is 5.02 Å². The second kappa shape index (κ2) is 10.9. The number of nitrogens with one attached hydrogen (secondary N) is 2. The van der Waals surface area contributed by atoms with Gasteiger partial charge in [-0.1, -0.05) is 60.8 Å². The third-order valence-corrected chi connectivity index (χ3v) is 7.84. The van der Waals surface area contributed by atoms with Gasteiger partial charge in [0.05, 0.1) is 17.7 Å². The zero-order valence-electron chi connectivity index (χ0n) is 19.6. The first-order valence-electron chi connectivity index (χ1n) is 12.6. The minimum Gasteiger partial charge on any atom is -0.379 e. The lowest BCUT2D eigenvalue weighted by molar-refractivity contribution is 0.0447. The van der Waals surface area contributed by atoms with Crippen molar-refractivity contribution >= 4 is 28.4 Å². The van der Waals surface area contributed by atoms with Gasteiger partial charge in [0.2, 0.25) is 0 Å². The lowest BCUT2D eigenvalue weighted by Crippen LogP contribution is -2.41. The molecule has 180 valence electrons. The Labute approximate surface area is 206 Å². The predicted molar refractivity (Wildman–Crippen MR) is 137 cm³/mol. The predicted octanol–water partition coefficient (Wildman–Crippen LogP) is 5.96. The Balaban J connectivity index is 1.17. The van der Waals surface area contributed by atoms with E-state index in [1.165, 1.54) is 51.6 Å². The summed E-state index contributed by atoms with van der Waals surface area (Å²) in [5.41, 5.74) is 2.51. The third-order valence-electron chi connectivity index (χ3n) is 7.53. The number of carbonyl (C=O) groups is 1. The number of hydrogen-bond acceptors (Lipinski definition) is 3. The van der Waals surface area contributed by atoms with E-state index >= 15 is 0 Å². The van der Waals surface area contributed by atoms with E-state index < -0.39 is 0 Å². The fraction of sp³-hybridized carbons (Fsp3) is 0.464. The number of H-pyrrole nitrogens is 1. The molecule has 1 saturated carbocycles.